The molecule has 2 N–H and O–H groups in total. The number of aromatic nitrogens is 1. The predicted molar refractivity (Wildman–Crippen MR) is 75.6 cm³/mol. The monoisotopic (exact) mass is 292 g/mol. The van der Waals surface area contributed by atoms with Crippen LogP contribution in [0.4, 0.5) is 0 Å². The Morgan fingerprint density at radius 2 is 2.14 bits per heavy atom. The highest BCUT2D eigenvalue weighted by Crippen LogP contribution is 2.36. The number of hydrogen-bond donors (Lipinski definition) is 2. The standard InChI is InChI=1S/C15H20N2O4/c1-9-6-11(12(7-9)15(19)20)13(18)17-8-10-4-3-5-16-14(10)21-2/h3-5,9,11-12H,6-8H2,1-2H3,(H,17,18)(H,19,20). The molecule has 114 valence electrons. The third-order valence-electron chi connectivity index (χ3n) is 3.95. The maximum Gasteiger partial charge on any atom is 0.307 e. The molecule has 1 aromatic heterocycles. The highest BCUT2D eigenvalue weighted by atomic mass is 16.5. The molecule has 3 atom stereocenters. The number of nitrogens with one attached hydrogen (secondary N) is 1. The second-order valence-corrected chi connectivity index (χ2v) is 5.52. The van der Waals surface area contributed by atoms with E-state index in [-0.39, 0.29) is 18.4 Å². The first-order valence-corrected chi connectivity index (χ1v) is 7.01. The van der Waals surface area contributed by atoms with Crippen LogP contribution in [0.2, 0.25) is 0 Å². The first kappa shape index (κ1) is 15.3. The van der Waals surface area contributed by atoms with Gasteiger partial charge >= 0.3 is 5.97 Å². The lowest BCUT2D eigenvalue weighted by Gasteiger charge is -2.16. The summed E-state index contributed by atoms with van der Waals surface area (Å²) in [4.78, 5) is 27.5. The lowest BCUT2D eigenvalue weighted by Crippen LogP contribution is -2.35. The average molecular weight is 292 g/mol. The summed E-state index contributed by atoms with van der Waals surface area (Å²) in [5.41, 5.74) is 0.770. The molecule has 0 aliphatic heterocycles. The molecule has 1 aliphatic rings. The number of nitrogens with zero attached hydrogens (tertiary/aromatic N) is 1. The zero-order valence-electron chi connectivity index (χ0n) is 12.2. The van der Waals surface area contributed by atoms with Crippen LogP contribution in [-0.2, 0) is 16.1 Å². The van der Waals surface area contributed by atoms with Gasteiger partial charge in [0.1, 0.15) is 0 Å². The molecule has 1 aromatic rings. The van der Waals surface area contributed by atoms with E-state index in [0.29, 0.717) is 18.7 Å². The number of carbonyl (C=O) groups excluding carboxylic acids is 1. The molecule has 6 nitrogen and oxygen atoms in total. The predicted octanol–water partition coefficient (Wildman–Crippen LogP) is 1.45. The Morgan fingerprint density at radius 1 is 1.43 bits per heavy atom. The molecular formula is C15H20N2O4. The molecule has 1 amide bonds. The number of carbonyl (C=O) groups is 2. The van der Waals surface area contributed by atoms with E-state index in [9.17, 15) is 14.7 Å². The minimum atomic E-state index is -0.890. The number of carboxylic acid groups (broad SMARTS) is 1. The Kier molecular flexibility index (Phi) is 4.77. The molecule has 1 fully saturated rings. The molecule has 0 radical (unpaired) electrons. The lowest BCUT2D eigenvalue weighted by atomic mass is 9.95. The minimum Gasteiger partial charge on any atom is -0.481 e. The lowest BCUT2D eigenvalue weighted by molar-refractivity contribution is -0.146. The number of carboxylic acids is 1. The summed E-state index contributed by atoms with van der Waals surface area (Å²) >= 11 is 0. The van der Waals surface area contributed by atoms with Crippen LogP contribution in [0.5, 0.6) is 5.88 Å². The Morgan fingerprint density at radius 3 is 2.81 bits per heavy atom. The van der Waals surface area contributed by atoms with Gasteiger partial charge < -0.3 is 15.2 Å². The number of aliphatic carboxylic acids is 1. The van der Waals surface area contributed by atoms with Crippen LogP contribution in [0.15, 0.2) is 18.3 Å². The molecule has 3 unspecified atom stereocenters. The van der Waals surface area contributed by atoms with Crippen molar-refractivity contribution in [3.63, 3.8) is 0 Å². The van der Waals surface area contributed by atoms with E-state index in [1.165, 1.54) is 7.11 Å². The molecule has 6 heteroatoms. The smallest absolute Gasteiger partial charge is 0.307 e. The maximum atomic E-state index is 12.2. The highest BCUT2D eigenvalue weighted by molar-refractivity contribution is 5.85. The van der Waals surface area contributed by atoms with Crippen molar-refractivity contribution in [1.29, 1.82) is 0 Å². The van der Waals surface area contributed by atoms with Crippen molar-refractivity contribution in [1.82, 2.24) is 10.3 Å². The fourth-order valence-electron chi connectivity index (χ4n) is 2.91. The van der Waals surface area contributed by atoms with Gasteiger partial charge in [0, 0.05) is 18.3 Å². The maximum absolute atomic E-state index is 12.2. The van der Waals surface area contributed by atoms with Gasteiger partial charge in [-0.3, -0.25) is 9.59 Å². The van der Waals surface area contributed by atoms with Crippen molar-refractivity contribution in [2.24, 2.45) is 17.8 Å². The van der Waals surface area contributed by atoms with Crippen molar-refractivity contribution in [2.45, 2.75) is 26.3 Å². The van der Waals surface area contributed by atoms with E-state index >= 15 is 0 Å². The third-order valence-corrected chi connectivity index (χ3v) is 3.95. The summed E-state index contributed by atoms with van der Waals surface area (Å²) < 4.78 is 5.12. The van der Waals surface area contributed by atoms with Crippen LogP contribution in [-0.4, -0.2) is 29.1 Å². The van der Waals surface area contributed by atoms with E-state index in [4.69, 9.17) is 4.74 Å². The van der Waals surface area contributed by atoms with Crippen molar-refractivity contribution in [3.05, 3.63) is 23.9 Å². The highest BCUT2D eigenvalue weighted by Gasteiger charge is 2.41. The van der Waals surface area contributed by atoms with Crippen molar-refractivity contribution >= 4 is 11.9 Å². The zero-order chi connectivity index (χ0) is 15.4. The van der Waals surface area contributed by atoms with Crippen molar-refractivity contribution in [2.75, 3.05) is 7.11 Å². The van der Waals surface area contributed by atoms with Gasteiger partial charge in [0.25, 0.3) is 0 Å². The van der Waals surface area contributed by atoms with Gasteiger partial charge in [-0.05, 0) is 24.8 Å². The van der Waals surface area contributed by atoms with Gasteiger partial charge in [-0.25, -0.2) is 4.98 Å². The Hall–Kier alpha value is -2.11. The summed E-state index contributed by atoms with van der Waals surface area (Å²) in [6, 6.07) is 3.58. The second-order valence-electron chi connectivity index (χ2n) is 5.52. The number of ether oxygens (including phenoxy) is 1. The van der Waals surface area contributed by atoms with Gasteiger partial charge in [-0.15, -0.1) is 0 Å². The Bertz CT molecular complexity index is 532. The molecule has 0 spiro atoms. The van der Waals surface area contributed by atoms with Crippen LogP contribution >= 0.6 is 0 Å². The SMILES string of the molecule is COc1ncccc1CNC(=O)C1CC(C)CC1C(=O)O. The van der Waals surface area contributed by atoms with E-state index in [1.807, 2.05) is 13.0 Å². The normalized spacial score (nSPS) is 24.6. The average Bonchev–Trinajstić information content (AvgIpc) is 2.87. The zero-order valence-corrected chi connectivity index (χ0v) is 12.2. The second kappa shape index (κ2) is 6.56. The molecule has 21 heavy (non-hydrogen) atoms. The van der Waals surface area contributed by atoms with E-state index in [2.05, 4.69) is 10.3 Å². The van der Waals surface area contributed by atoms with Crippen LogP contribution in [0.1, 0.15) is 25.3 Å². The molecule has 0 bridgehead atoms. The van der Waals surface area contributed by atoms with E-state index in [1.54, 1.807) is 12.3 Å². The number of amides is 1. The van der Waals surface area contributed by atoms with Gasteiger partial charge in [0.2, 0.25) is 11.8 Å². The molecule has 1 heterocycles. The Labute approximate surface area is 123 Å². The van der Waals surface area contributed by atoms with Crippen LogP contribution in [0.25, 0.3) is 0 Å². The molecule has 1 aliphatic carbocycles. The fraction of sp³-hybridized carbons (Fsp3) is 0.533. The van der Waals surface area contributed by atoms with Gasteiger partial charge in [0.05, 0.1) is 18.9 Å². The summed E-state index contributed by atoms with van der Waals surface area (Å²) in [6.45, 7) is 2.26. The number of hydrogen-bond acceptors (Lipinski definition) is 4. The summed E-state index contributed by atoms with van der Waals surface area (Å²) in [5.74, 6) is -1.42. The van der Waals surface area contributed by atoms with Crippen LogP contribution in [0, 0.1) is 17.8 Å². The molecular weight excluding hydrogens is 272 g/mol. The van der Waals surface area contributed by atoms with Gasteiger partial charge in [0.15, 0.2) is 0 Å². The van der Waals surface area contributed by atoms with Gasteiger partial charge in [-0.1, -0.05) is 13.0 Å². The Balaban J connectivity index is 2.00. The first-order chi connectivity index (χ1) is 10.0. The topological polar surface area (TPSA) is 88.5 Å². The minimum absolute atomic E-state index is 0.211. The van der Waals surface area contributed by atoms with E-state index < -0.39 is 17.8 Å². The molecule has 0 aromatic carbocycles. The molecule has 1 saturated carbocycles. The first-order valence-electron chi connectivity index (χ1n) is 7.01. The number of methoxy groups -OCH3 is 1. The van der Waals surface area contributed by atoms with Crippen molar-refractivity contribution < 1.29 is 19.4 Å². The van der Waals surface area contributed by atoms with Crippen molar-refractivity contribution in [3.8, 4) is 5.88 Å². The van der Waals surface area contributed by atoms with Crippen LogP contribution in [0.3, 0.4) is 0 Å². The number of rotatable bonds is 5. The fourth-order valence-corrected chi connectivity index (χ4v) is 2.91. The van der Waals surface area contributed by atoms with E-state index in [0.717, 1.165) is 5.56 Å². The van der Waals surface area contributed by atoms with Gasteiger partial charge in [-0.2, -0.15) is 0 Å². The summed E-state index contributed by atoms with van der Waals surface area (Å²) in [5, 5.41) is 12.0. The number of pyridine rings is 1. The van der Waals surface area contributed by atoms with Crippen LogP contribution < -0.4 is 10.1 Å². The third kappa shape index (κ3) is 3.51. The summed E-state index contributed by atoms with van der Waals surface area (Å²) in [6.07, 6.45) is 2.79. The quantitative estimate of drug-likeness (QED) is 0.857. The summed E-state index contributed by atoms with van der Waals surface area (Å²) in [7, 11) is 1.52. The largest absolute Gasteiger partial charge is 0.481 e. The molecule has 0 saturated heterocycles. The molecule has 2 rings (SSSR count).